The zero-order chi connectivity index (χ0) is 14.2. The molecule has 4 rings (SSSR count). The van der Waals surface area contributed by atoms with Crippen molar-refractivity contribution >= 4 is 22.8 Å². The quantitative estimate of drug-likeness (QED) is 0.749. The van der Waals surface area contributed by atoms with E-state index in [1.807, 2.05) is 0 Å². The van der Waals surface area contributed by atoms with E-state index in [-0.39, 0.29) is 12.7 Å². The van der Waals surface area contributed by atoms with Crippen molar-refractivity contribution in [2.75, 3.05) is 12.1 Å². The number of fused-ring (bicyclic) bond motifs is 2. The molecule has 1 amide bonds. The molecule has 1 aliphatic rings. The highest BCUT2D eigenvalue weighted by atomic mass is 16.7. The van der Waals surface area contributed by atoms with Crippen molar-refractivity contribution in [1.82, 2.24) is 15.0 Å². The number of nitrogens with zero attached hydrogens (tertiary/aromatic N) is 2. The van der Waals surface area contributed by atoms with Crippen LogP contribution in [0.3, 0.4) is 0 Å². The first-order chi connectivity index (χ1) is 10.3. The van der Waals surface area contributed by atoms with Crippen LogP contribution in [0.4, 0.5) is 5.69 Å². The van der Waals surface area contributed by atoms with Crippen molar-refractivity contribution in [3.63, 3.8) is 0 Å². The van der Waals surface area contributed by atoms with Crippen LogP contribution in [0.2, 0.25) is 0 Å². The number of aromatic amines is 1. The number of amides is 1. The minimum atomic E-state index is -0.242. The number of carbonyl (C=O) groups excluding carboxylic acids is 1. The van der Waals surface area contributed by atoms with E-state index >= 15 is 0 Å². The van der Waals surface area contributed by atoms with E-state index in [0.29, 0.717) is 28.4 Å². The first-order valence-corrected chi connectivity index (χ1v) is 6.30. The maximum Gasteiger partial charge on any atom is 0.255 e. The highest BCUT2D eigenvalue weighted by Crippen LogP contribution is 2.32. The van der Waals surface area contributed by atoms with Gasteiger partial charge >= 0.3 is 0 Å². The normalized spacial score (nSPS) is 12.6. The van der Waals surface area contributed by atoms with Gasteiger partial charge in [0.05, 0.1) is 23.7 Å². The molecular formula is C14H10N4O3. The van der Waals surface area contributed by atoms with Gasteiger partial charge in [-0.3, -0.25) is 4.79 Å². The molecule has 1 aromatic carbocycles. The fourth-order valence-corrected chi connectivity index (χ4v) is 2.14. The second kappa shape index (κ2) is 4.48. The third kappa shape index (κ3) is 2.04. The molecule has 0 fully saturated rings. The number of hydrogen-bond acceptors (Lipinski definition) is 5. The number of anilines is 1. The van der Waals surface area contributed by atoms with Gasteiger partial charge in [-0.2, -0.15) is 0 Å². The molecule has 2 aromatic heterocycles. The summed E-state index contributed by atoms with van der Waals surface area (Å²) < 4.78 is 10.5. The van der Waals surface area contributed by atoms with Gasteiger partial charge in [0.2, 0.25) is 6.79 Å². The molecule has 3 heterocycles. The maximum absolute atomic E-state index is 12.2. The van der Waals surface area contributed by atoms with Crippen LogP contribution in [-0.4, -0.2) is 27.7 Å². The Balaban J connectivity index is 1.59. The molecule has 0 atom stereocenters. The number of pyridine rings is 1. The summed E-state index contributed by atoms with van der Waals surface area (Å²) in [6.45, 7) is 0.181. The Bertz CT molecular complexity index is 843. The van der Waals surface area contributed by atoms with Crippen LogP contribution in [0.5, 0.6) is 11.5 Å². The zero-order valence-electron chi connectivity index (χ0n) is 10.8. The van der Waals surface area contributed by atoms with E-state index in [1.54, 1.807) is 36.8 Å². The number of nitrogens with one attached hydrogen (secondary N) is 2. The summed E-state index contributed by atoms with van der Waals surface area (Å²) >= 11 is 0. The molecule has 2 N–H and O–H groups in total. The standard InChI is InChI=1S/C14H10N4O3/c19-14(8-1-2-11-12(3-8)21-7-20-11)18-9-4-10-13(15-5-9)17-6-16-10/h1-6H,7H2,(H,18,19)(H,15,16,17). The van der Waals surface area contributed by atoms with Gasteiger partial charge in [-0.1, -0.05) is 0 Å². The lowest BCUT2D eigenvalue weighted by molar-refractivity contribution is 0.102. The molecule has 0 spiro atoms. The molecule has 0 saturated heterocycles. The number of hydrogen-bond donors (Lipinski definition) is 2. The molecule has 0 saturated carbocycles. The number of benzene rings is 1. The van der Waals surface area contributed by atoms with Crippen molar-refractivity contribution in [2.24, 2.45) is 0 Å². The average molecular weight is 282 g/mol. The topological polar surface area (TPSA) is 89.1 Å². The molecule has 0 radical (unpaired) electrons. The van der Waals surface area contributed by atoms with Crippen LogP contribution >= 0.6 is 0 Å². The fourth-order valence-electron chi connectivity index (χ4n) is 2.14. The highest BCUT2D eigenvalue weighted by molar-refractivity contribution is 6.05. The van der Waals surface area contributed by atoms with E-state index in [4.69, 9.17) is 9.47 Å². The first kappa shape index (κ1) is 11.7. The summed E-state index contributed by atoms with van der Waals surface area (Å²) in [5.74, 6) is 0.978. The maximum atomic E-state index is 12.2. The van der Waals surface area contributed by atoms with Crippen molar-refractivity contribution in [2.45, 2.75) is 0 Å². The lowest BCUT2D eigenvalue weighted by Crippen LogP contribution is -2.11. The lowest BCUT2D eigenvalue weighted by atomic mass is 10.2. The van der Waals surface area contributed by atoms with E-state index in [0.717, 1.165) is 5.52 Å². The SMILES string of the molecule is O=C(Nc1cnc2nc[nH]c2c1)c1ccc2c(c1)OCO2. The van der Waals surface area contributed by atoms with E-state index in [1.165, 1.54) is 0 Å². The Kier molecular flexibility index (Phi) is 2.50. The third-order valence-electron chi connectivity index (χ3n) is 3.17. The van der Waals surface area contributed by atoms with E-state index in [2.05, 4.69) is 20.3 Å². The van der Waals surface area contributed by atoms with E-state index in [9.17, 15) is 4.79 Å². The van der Waals surface area contributed by atoms with Gasteiger partial charge in [0.1, 0.15) is 0 Å². The van der Waals surface area contributed by atoms with Crippen molar-refractivity contribution < 1.29 is 14.3 Å². The number of carbonyl (C=O) groups is 1. The number of imidazole rings is 1. The molecule has 3 aromatic rings. The molecule has 21 heavy (non-hydrogen) atoms. The van der Waals surface area contributed by atoms with Crippen LogP contribution in [0, 0.1) is 0 Å². The second-order valence-corrected chi connectivity index (χ2v) is 4.52. The smallest absolute Gasteiger partial charge is 0.255 e. The third-order valence-corrected chi connectivity index (χ3v) is 3.17. The van der Waals surface area contributed by atoms with Crippen LogP contribution in [0.25, 0.3) is 11.2 Å². The Morgan fingerprint density at radius 3 is 3.05 bits per heavy atom. The largest absolute Gasteiger partial charge is 0.454 e. The Labute approximate surface area is 118 Å². The summed E-state index contributed by atoms with van der Waals surface area (Å²) in [7, 11) is 0. The van der Waals surface area contributed by atoms with Crippen molar-refractivity contribution in [3.05, 3.63) is 42.4 Å². The average Bonchev–Trinajstić information content (AvgIpc) is 3.14. The van der Waals surface area contributed by atoms with Gasteiger partial charge in [-0.05, 0) is 24.3 Å². The summed E-state index contributed by atoms with van der Waals surface area (Å²) in [6.07, 6.45) is 3.12. The summed E-state index contributed by atoms with van der Waals surface area (Å²) in [5.41, 5.74) is 2.45. The van der Waals surface area contributed by atoms with E-state index < -0.39 is 0 Å². The van der Waals surface area contributed by atoms with Crippen LogP contribution in [0.15, 0.2) is 36.8 Å². The fraction of sp³-hybridized carbons (Fsp3) is 0.0714. The number of ether oxygens (including phenoxy) is 2. The minimum Gasteiger partial charge on any atom is -0.454 e. The molecule has 0 unspecified atom stereocenters. The van der Waals surface area contributed by atoms with Crippen molar-refractivity contribution in [3.8, 4) is 11.5 Å². The minimum absolute atomic E-state index is 0.181. The van der Waals surface area contributed by atoms with Gasteiger partial charge < -0.3 is 19.8 Å². The number of H-pyrrole nitrogens is 1. The van der Waals surface area contributed by atoms with Gasteiger partial charge in [0.15, 0.2) is 17.1 Å². The van der Waals surface area contributed by atoms with Crippen LogP contribution in [-0.2, 0) is 0 Å². The number of aromatic nitrogens is 3. The molecular weight excluding hydrogens is 272 g/mol. The summed E-state index contributed by atoms with van der Waals surface area (Å²) in [4.78, 5) is 23.3. The molecule has 1 aliphatic heterocycles. The molecule has 0 bridgehead atoms. The summed E-state index contributed by atoms with van der Waals surface area (Å²) in [6, 6.07) is 6.83. The number of rotatable bonds is 2. The summed E-state index contributed by atoms with van der Waals surface area (Å²) in [5, 5.41) is 2.79. The molecule has 7 nitrogen and oxygen atoms in total. The van der Waals surface area contributed by atoms with Gasteiger partial charge in [0, 0.05) is 5.56 Å². The predicted octanol–water partition coefficient (Wildman–Crippen LogP) is 1.94. The molecule has 7 heteroatoms. The Hall–Kier alpha value is -3.09. The Morgan fingerprint density at radius 1 is 1.19 bits per heavy atom. The predicted molar refractivity (Wildman–Crippen MR) is 74.4 cm³/mol. The highest BCUT2D eigenvalue weighted by Gasteiger charge is 2.16. The van der Waals surface area contributed by atoms with Crippen molar-refractivity contribution in [1.29, 1.82) is 0 Å². The monoisotopic (exact) mass is 282 g/mol. The second-order valence-electron chi connectivity index (χ2n) is 4.52. The zero-order valence-corrected chi connectivity index (χ0v) is 10.8. The molecule has 104 valence electrons. The first-order valence-electron chi connectivity index (χ1n) is 6.30. The van der Waals surface area contributed by atoms with Gasteiger partial charge in [0.25, 0.3) is 5.91 Å². The van der Waals surface area contributed by atoms with Gasteiger partial charge in [-0.25, -0.2) is 9.97 Å². The Morgan fingerprint density at radius 2 is 2.10 bits per heavy atom. The lowest BCUT2D eigenvalue weighted by Gasteiger charge is -2.05. The van der Waals surface area contributed by atoms with Crippen LogP contribution in [0.1, 0.15) is 10.4 Å². The van der Waals surface area contributed by atoms with Gasteiger partial charge in [-0.15, -0.1) is 0 Å². The van der Waals surface area contributed by atoms with Crippen LogP contribution < -0.4 is 14.8 Å². The molecule has 0 aliphatic carbocycles.